The van der Waals surface area contributed by atoms with Gasteiger partial charge in [-0.15, -0.1) is 0 Å². The first-order chi connectivity index (χ1) is 15.5. The summed E-state index contributed by atoms with van der Waals surface area (Å²) >= 11 is 0. The molecule has 32 heavy (non-hydrogen) atoms. The molecule has 168 valence electrons. The maximum absolute atomic E-state index is 13.7. The third kappa shape index (κ3) is 3.93. The number of benzene rings is 2. The van der Waals surface area contributed by atoms with Crippen molar-refractivity contribution in [3.63, 3.8) is 0 Å². The molecule has 3 amide bonds. The number of ether oxygens (including phenoxy) is 2. The van der Waals surface area contributed by atoms with Gasteiger partial charge in [-0.1, -0.05) is 36.4 Å². The zero-order valence-corrected chi connectivity index (χ0v) is 18.0. The molecule has 4 rings (SSSR count). The van der Waals surface area contributed by atoms with Crippen LogP contribution in [0.25, 0.3) is 0 Å². The summed E-state index contributed by atoms with van der Waals surface area (Å²) in [5.74, 6) is 0.222. The Morgan fingerprint density at radius 3 is 2.59 bits per heavy atom. The summed E-state index contributed by atoms with van der Waals surface area (Å²) in [7, 11) is 0. The van der Waals surface area contributed by atoms with Gasteiger partial charge in [0.05, 0.1) is 18.6 Å². The summed E-state index contributed by atoms with van der Waals surface area (Å²) < 4.78 is 10.7. The van der Waals surface area contributed by atoms with Crippen LogP contribution >= 0.6 is 0 Å². The maximum atomic E-state index is 13.7. The third-order valence-corrected chi connectivity index (χ3v) is 6.07. The Labute approximate surface area is 186 Å². The van der Waals surface area contributed by atoms with Gasteiger partial charge in [0.15, 0.2) is 11.5 Å². The quantitative estimate of drug-likeness (QED) is 0.632. The van der Waals surface area contributed by atoms with E-state index in [9.17, 15) is 19.5 Å². The molecule has 1 atom stereocenters. The van der Waals surface area contributed by atoms with Crippen molar-refractivity contribution in [2.24, 2.45) is 0 Å². The van der Waals surface area contributed by atoms with Gasteiger partial charge in [-0.05, 0) is 30.2 Å². The summed E-state index contributed by atoms with van der Waals surface area (Å²) in [5.41, 5.74) is 0.107. The fourth-order valence-electron chi connectivity index (χ4n) is 4.36. The molecular weight excluding hydrogens is 412 g/mol. The van der Waals surface area contributed by atoms with Crippen LogP contribution in [0.5, 0.6) is 11.5 Å². The second-order valence-corrected chi connectivity index (χ2v) is 7.97. The first kappa shape index (κ1) is 21.8. The van der Waals surface area contributed by atoms with E-state index in [1.807, 2.05) is 13.0 Å². The lowest BCUT2D eigenvalue weighted by Gasteiger charge is -2.30. The highest BCUT2D eigenvalue weighted by Crippen LogP contribution is 2.41. The summed E-state index contributed by atoms with van der Waals surface area (Å²) in [4.78, 5) is 42.5. The maximum Gasteiger partial charge on any atom is 0.241 e. The van der Waals surface area contributed by atoms with Crippen molar-refractivity contribution in [1.82, 2.24) is 9.80 Å². The van der Waals surface area contributed by atoms with E-state index >= 15 is 0 Å². The number of hydrogen-bond acceptors (Lipinski definition) is 6. The Balaban J connectivity index is 1.64. The Hall–Kier alpha value is -3.39. The van der Waals surface area contributed by atoms with Crippen LogP contribution < -0.4 is 9.47 Å². The molecule has 8 heteroatoms. The number of aliphatic hydroxyl groups is 1. The standard InChI is InChI=1S/C24H26N2O6/c1-2-25(10-11-27)21(28)13-24(18-6-4-3-5-7-18)14-22(29)26(23(24)30)15-17-8-9-19-20(12-17)32-16-31-19/h3-9,12,27H,2,10-11,13-16H2,1H3/t24-/m0/s1. The molecule has 0 radical (unpaired) electrons. The molecule has 1 fully saturated rings. The lowest BCUT2D eigenvalue weighted by Crippen LogP contribution is -2.44. The molecule has 0 spiro atoms. The average Bonchev–Trinajstić information content (AvgIpc) is 3.36. The average molecular weight is 438 g/mol. The Bertz CT molecular complexity index is 1020. The molecule has 0 saturated carbocycles. The van der Waals surface area contributed by atoms with Crippen LogP contribution in [-0.2, 0) is 26.3 Å². The zero-order chi connectivity index (χ0) is 22.7. The number of nitrogens with zero attached hydrogens (tertiary/aromatic N) is 2. The highest BCUT2D eigenvalue weighted by Gasteiger charge is 2.54. The molecule has 1 N–H and O–H groups in total. The lowest BCUT2D eigenvalue weighted by molar-refractivity contribution is -0.143. The molecular formula is C24H26N2O6. The second kappa shape index (κ2) is 9.00. The van der Waals surface area contributed by atoms with Gasteiger partial charge in [-0.3, -0.25) is 19.3 Å². The number of imide groups is 1. The highest BCUT2D eigenvalue weighted by atomic mass is 16.7. The largest absolute Gasteiger partial charge is 0.454 e. The molecule has 0 bridgehead atoms. The van der Waals surface area contributed by atoms with Crippen molar-refractivity contribution in [3.8, 4) is 11.5 Å². The number of carbonyl (C=O) groups excluding carboxylic acids is 3. The van der Waals surface area contributed by atoms with Crippen LogP contribution in [0, 0.1) is 0 Å². The molecule has 2 aromatic carbocycles. The van der Waals surface area contributed by atoms with E-state index in [1.165, 1.54) is 9.80 Å². The van der Waals surface area contributed by atoms with Crippen LogP contribution in [-0.4, -0.2) is 59.1 Å². The molecule has 2 aromatic rings. The zero-order valence-electron chi connectivity index (χ0n) is 18.0. The minimum absolute atomic E-state index is 0.0805. The monoisotopic (exact) mass is 438 g/mol. The first-order valence-electron chi connectivity index (χ1n) is 10.7. The van der Waals surface area contributed by atoms with E-state index in [0.717, 1.165) is 5.56 Å². The highest BCUT2D eigenvalue weighted by molar-refractivity contribution is 6.10. The van der Waals surface area contributed by atoms with Crippen molar-refractivity contribution in [2.45, 2.75) is 31.7 Å². The molecule has 0 aliphatic carbocycles. The Morgan fingerprint density at radius 2 is 1.88 bits per heavy atom. The molecule has 2 aliphatic rings. The predicted octanol–water partition coefficient (Wildman–Crippen LogP) is 1.84. The van der Waals surface area contributed by atoms with Crippen LogP contribution in [0.1, 0.15) is 30.9 Å². The SMILES string of the molecule is CCN(CCO)C(=O)C[C@@]1(c2ccccc2)CC(=O)N(Cc2ccc3c(c2)OCO3)C1=O. The topological polar surface area (TPSA) is 96.4 Å². The van der Waals surface area contributed by atoms with E-state index < -0.39 is 5.41 Å². The normalized spacial score (nSPS) is 19.5. The number of likely N-dealkylation sites (N-methyl/N-ethyl adjacent to an activating group) is 1. The summed E-state index contributed by atoms with van der Waals surface area (Å²) in [6, 6.07) is 14.3. The van der Waals surface area contributed by atoms with Crippen LogP contribution in [0.2, 0.25) is 0 Å². The van der Waals surface area contributed by atoms with Gasteiger partial charge >= 0.3 is 0 Å². The summed E-state index contributed by atoms with van der Waals surface area (Å²) in [6.45, 7) is 2.47. The van der Waals surface area contributed by atoms with Gasteiger partial charge in [0.25, 0.3) is 0 Å². The van der Waals surface area contributed by atoms with Gasteiger partial charge in [0.1, 0.15) is 0 Å². The fraction of sp³-hybridized carbons (Fsp3) is 0.375. The molecule has 8 nitrogen and oxygen atoms in total. The van der Waals surface area contributed by atoms with Gasteiger partial charge in [-0.2, -0.15) is 0 Å². The first-order valence-corrected chi connectivity index (χ1v) is 10.7. The smallest absolute Gasteiger partial charge is 0.241 e. The molecule has 1 saturated heterocycles. The minimum atomic E-state index is -1.27. The molecule has 0 aromatic heterocycles. The van der Waals surface area contributed by atoms with Crippen LogP contribution in [0.3, 0.4) is 0 Å². The number of fused-ring (bicyclic) bond motifs is 1. The number of rotatable bonds is 8. The van der Waals surface area contributed by atoms with E-state index in [4.69, 9.17) is 9.47 Å². The third-order valence-electron chi connectivity index (χ3n) is 6.07. The number of likely N-dealkylation sites (tertiary alicyclic amines) is 1. The van der Waals surface area contributed by atoms with Crippen molar-refractivity contribution in [2.75, 3.05) is 26.5 Å². The lowest BCUT2D eigenvalue weighted by atomic mass is 9.75. The minimum Gasteiger partial charge on any atom is -0.454 e. The van der Waals surface area contributed by atoms with Crippen molar-refractivity contribution in [3.05, 3.63) is 59.7 Å². The van der Waals surface area contributed by atoms with Crippen LogP contribution in [0.15, 0.2) is 48.5 Å². The van der Waals surface area contributed by atoms with E-state index in [0.29, 0.717) is 23.6 Å². The molecule has 2 heterocycles. The van der Waals surface area contributed by atoms with Gasteiger partial charge in [0.2, 0.25) is 24.5 Å². The van der Waals surface area contributed by atoms with Crippen molar-refractivity contribution in [1.29, 1.82) is 0 Å². The van der Waals surface area contributed by atoms with E-state index in [-0.39, 0.29) is 57.1 Å². The van der Waals surface area contributed by atoms with Crippen LogP contribution in [0.4, 0.5) is 0 Å². The van der Waals surface area contributed by atoms with Gasteiger partial charge in [-0.25, -0.2) is 0 Å². The van der Waals surface area contributed by atoms with E-state index in [2.05, 4.69) is 0 Å². The summed E-state index contributed by atoms with van der Waals surface area (Å²) in [5, 5.41) is 9.28. The number of amides is 3. The Morgan fingerprint density at radius 1 is 1.12 bits per heavy atom. The fourth-order valence-corrected chi connectivity index (χ4v) is 4.36. The number of carbonyl (C=O) groups is 3. The predicted molar refractivity (Wildman–Crippen MR) is 115 cm³/mol. The number of hydrogen-bond donors (Lipinski definition) is 1. The second-order valence-electron chi connectivity index (χ2n) is 7.97. The van der Waals surface area contributed by atoms with E-state index in [1.54, 1.807) is 42.5 Å². The Kier molecular flexibility index (Phi) is 6.14. The molecule has 2 aliphatic heterocycles. The van der Waals surface area contributed by atoms with Gasteiger partial charge in [0, 0.05) is 25.9 Å². The van der Waals surface area contributed by atoms with Gasteiger partial charge < -0.3 is 19.5 Å². The number of aliphatic hydroxyl groups excluding tert-OH is 1. The molecule has 0 unspecified atom stereocenters. The van der Waals surface area contributed by atoms with Crippen molar-refractivity contribution < 1.29 is 29.0 Å². The van der Waals surface area contributed by atoms with Crippen molar-refractivity contribution >= 4 is 17.7 Å². The summed E-state index contributed by atoms with van der Waals surface area (Å²) in [6.07, 6.45) is -0.212.